The van der Waals surface area contributed by atoms with Crippen molar-refractivity contribution in [3.8, 4) is 0 Å². The fourth-order valence-electron chi connectivity index (χ4n) is 4.68. The number of hydrogen-bond donors (Lipinski definition) is 1. The maximum atomic E-state index is 12.9. The van der Waals surface area contributed by atoms with E-state index in [1.807, 2.05) is 12.1 Å². The molecule has 0 saturated heterocycles. The third kappa shape index (κ3) is 5.41. The van der Waals surface area contributed by atoms with Gasteiger partial charge in [0.2, 0.25) is 0 Å². The van der Waals surface area contributed by atoms with Crippen molar-refractivity contribution in [1.82, 2.24) is 4.90 Å². The van der Waals surface area contributed by atoms with Crippen molar-refractivity contribution < 1.29 is 4.79 Å². The molecule has 158 valence electrons. The summed E-state index contributed by atoms with van der Waals surface area (Å²) in [4.78, 5) is 15.4. The first kappa shape index (κ1) is 21.3. The summed E-state index contributed by atoms with van der Waals surface area (Å²) in [5.74, 6) is 0.00917. The highest BCUT2D eigenvalue weighted by molar-refractivity contribution is 9.10. The maximum Gasteiger partial charge on any atom is 0.251 e. The molecule has 0 heterocycles. The van der Waals surface area contributed by atoms with E-state index in [1.165, 1.54) is 43.2 Å². The number of aryl methyl sites for hydroxylation is 1. The first-order valence-electron chi connectivity index (χ1n) is 11.2. The molecule has 30 heavy (non-hydrogen) atoms. The molecule has 1 fully saturated rings. The minimum Gasteiger partial charge on any atom is -0.322 e. The van der Waals surface area contributed by atoms with Crippen LogP contribution >= 0.6 is 15.9 Å². The lowest BCUT2D eigenvalue weighted by molar-refractivity contribution is -0.112. The molecule has 0 radical (unpaired) electrons. The van der Waals surface area contributed by atoms with E-state index in [4.69, 9.17) is 0 Å². The summed E-state index contributed by atoms with van der Waals surface area (Å²) >= 11 is 3.54. The molecule has 0 atom stereocenters. The van der Waals surface area contributed by atoms with Crippen molar-refractivity contribution in [2.24, 2.45) is 0 Å². The van der Waals surface area contributed by atoms with Crippen LogP contribution in [0.1, 0.15) is 61.6 Å². The fraction of sp³-hybridized carbons (Fsp3) is 0.423. The number of nitrogens with zero attached hydrogens (tertiary/aromatic N) is 1. The maximum absolute atomic E-state index is 12.9. The van der Waals surface area contributed by atoms with E-state index in [0.29, 0.717) is 6.04 Å². The van der Waals surface area contributed by atoms with Crippen molar-refractivity contribution >= 4 is 33.6 Å². The van der Waals surface area contributed by atoms with Gasteiger partial charge in [0.25, 0.3) is 5.91 Å². The zero-order chi connectivity index (χ0) is 20.9. The number of fused-ring (bicyclic) bond motifs is 1. The number of amides is 1. The third-order valence-corrected chi connectivity index (χ3v) is 6.96. The summed E-state index contributed by atoms with van der Waals surface area (Å²) in [5, 5.41) is 3.10. The molecule has 2 aromatic carbocycles. The Morgan fingerprint density at radius 1 is 1.03 bits per heavy atom. The van der Waals surface area contributed by atoms with Crippen LogP contribution in [-0.4, -0.2) is 23.9 Å². The molecule has 3 nitrogen and oxygen atoms in total. The van der Waals surface area contributed by atoms with Gasteiger partial charge in [0.05, 0.1) is 0 Å². The Labute approximate surface area is 188 Å². The van der Waals surface area contributed by atoms with Crippen LogP contribution in [0.15, 0.2) is 52.5 Å². The lowest BCUT2D eigenvalue weighted by Crippen LogP contribution is -2.32. The van der Waals surface area contributed by atoms with Crippen LogP contribution in [0.3, 0.4) is 0 Å². The van der Waals surface area contributed by atoms with Crippen molar-refractivity contribution in [3.05, 3.63) is 69.2 Å². The molecular formula is C26H31BrN2O. The number of nitrogens with one attached hydrogen (secondary N) is 1. The highest BCUT2D eigenvalue weighted by atomic mass is 79.9. The van der Waals surface area contributed by atoms with Gasteiger partial charge in [0.15, 0.2) is 0 Å². The predicted octanol–water partition coefficient (Wildman–Crippen LogP) is 6.57. The standard InChI is InChI=1S/C26H31BrN2O/c1-29(25-8-3-2-4-9-25)18-19-10-14-24(15-11-19)28-26(30)21-7-5-6-20-12-13-23(27)17-22(20)16-21/h10-17,25H,2-9,18H2,1H3,(H,28,30). The first-order valence-corrected chi connectivity index (χ1v) is 12.0. The van der Waals surface area contributed by atoms with Gasteiger partial charge in [0, 0.05) is 28.3 Å². The largest absolute Gasteiger partial charge is 0.322 e. The average Bonchev–Trinajstić information content (AvgIpc) is 2.98. The predicted molar refractivity (Wildman–Crippen MR) is 128 cm³/mol. The SMILES string of the molecule is CN(Cc1ccc(NC(=O)C2=Cc3cc(Br)ccc3CCC2)cc1)C1CCCCC1. The van der Waals surface area contributed by atoms with Crippen molar-refractivity contribution in [2.45, 2.75) is 64.0 Å². The van der Waals surface area contributed by atoms with Crippen molar-refractivity contribution in [1.29, 1.82) is 0 Å². The third-order valence-electron chi connectivity index (χ3n) is 6.46. The van der Waals surface area contributed by atoms with Crippen molar-refractivity contribution in [3.63, 3.8) is 0 Å². The average molecular weight is 467 g/mol. The van der Waals surface area contributed by atoms with Crippen LogP contribution in [0.5, 0.6) is 0 Å². The number of rotatable bonds is 5. The quantitative estimate of drug-likeness (QED) is 0.539. The lowest BCUT2D eigenvalue weighted by Gasteiger charge is -2.31. The molecule has 1 amide bonds. The Morgan fingerprint density at radius 2 is 1.80 bits per heavy atom. The number of hydrogen-bond acceptors (Lipinski definition) is 2. The highest BCUT2D eigenvalue weighted by Crippen LogP contribution is 2.27. The molecule has 1 saturated carbocycles. The molecular weight excluding hydrogens is 436 g/mol. The molecule has 2 aliphatic carbocycles. The topological polar surface area (TPSA) is 32.3 Å². The van der Waals surface area contributed by atoms with E-state index >= 15 is 0 Å². The summed E-state index contributed by atoms with van der Waals surface area (Å²) in [5.41, 5.74) is 5.48. The van der Waals surface area contributed by atoms with Gasteiger partial charge in [-0.2, -0.15) is 0 Å². The molecule has 1 N–H and O–H groups in total. The van der Waals surface area contributed by atoms with Gasteiger partial charge in [-0.15, -0.1) is 0 Å². The minimum absolute atomic E-state index is 0.00917. The summed E-state index contributed by atoms with van der Waals surface area (Å²) in [7, 11) is 2.24. The Hall–Kier alpha value is -1.91. The molecule has 0 aliphatic heterocycles. The number of carbonyl (C=O) groups excluding carboxylic acids is 1. The molecule has 0 bridgehead atoms. The van der Waals surface area contributed by atoms with E-state index < -0.39 is 0 Å². The van der Waals surface area contributed by atoms with E-state index in [1.54, 1.807) is 0 Å². The van der Waals surface area contributed by atoms with Crippen LogP contribution < -0.4 is 5.32 Å². The zero-order valence-electron chi connectivity index (χ0n) is 17.8. The summed E-state index contributed by atoms with van der Waals surface area (Å²) in [6.45, 7) is 0.968. The lowest BCUT2D eigenvalue weighted by atomic mass is 9.94. The van der Waals surface area contributed by atoms with E-state index in [2.05, 4.69) is 69.6 Å². The van der Waals surface area contributed by atoms with Gasteiger partial charge in [-0.3, -0.25) is 9.69 Å². The molecule has 0 aromatic heterocycles. The molecule has 2 aliphatic rings. The monoisotopic (exact) mass is 466 g/mol. The molecule has 4 heteroatoms. The molecule has 0 unspecified atom stereocenters. The van der Waals surface area contributed by atoms with Crippen molar-refractivity contribution in [2.75, 3.05) is 12.4 Å². The second-order valence-corrected chi connectivity index (χ2v) is 9.64. The van der Waals surface area contributed by atoms with Crippen LogP contribution in [0, 0.1) is 0 Å². The van der Waals surface area contributed by atoms with Gasteiger partial charge < -0.3 is 5.32 Å². The van der Waals surface area contributed by atoms with E-state index in [-0.39, 0.29) is 5.91 Å². The van der Waals surface area contributed by atoms with Gasteiger partial charge in [-0.25, -0.2) is 0 Å². The summed E-state index contributed by atoms with van der Waals surface area (Å²) < 4.78 is 1.05. The Morgan fingerprint density at radius 3 is 2.57 bits per heavy atom. The number of carbonyl (C=O) groups is 1. The van der Waals surface area contributed by atoms with Gasteiger partial charge in [0.1, 0.15) is 0 Å². The van der Waals surface area contributed by atoms with E-state index in [9.17, 15) is 4.79 Å². The van der Waals surface area contributed by atoms with Crippen LogP contribution in [0.2, 0.25) is 0 Å². The Bertz CT molecular complexity index is 913. The normalized spacial score (nSPS) is 17.2. The van der Waals surface area contributed by atoms with E-state index in [0.717, 1.165) is 47.1 Å². The summed E-state index contributed by atoms with van der Waals surface area (Å²) in [6, 6.07) is 15.4. The van der Waals surface area contributed by atoms with Crippen LogP contribution in [-0.2, 0) is 17.8 Å². The highest BCUT2D eigenvalue weighted by Gasteiger charge is 2.18. The van der Waals surface area contributed by atoms with Crippen LogP contribution in [0.25, 0.3) is 6.08 Å². The van der Waals surface area contributed by atoms with Crippen LogP contribution in [0.4, 0.5) is 5.69 Å². The summed E-state index contributed by atoms with van der Waals surface area (Å²) in [6.07, 6.45) is 11.6. The number of anilines is 1. The second-order valence-electron chi connectivity index (χ2n) is 8.72. The fourth-order valence-corrected chi connectivity index (χ4v) is 5.06. The number of halogens is 1. The molecule has 4 rings (SSSR count). The zero-order valence-corrected chi connectivity index (χ0v) is 19.4. The smallest absolute Gasteiger partial charge is 0.251 e. The van der Waals surface area contributed by atoms with Gasteiger partial charge >= 0.3 is 0 Å². The minimum atomic E-state index is 0.00917. The molecule has 2 aromatic rings. The number of benzene rings is 2. The first-order chi connectivity index (χ1) is 14.6. The molecule has 0 spiro atoms. The Kier molecular flexibility index (Phi) is 7.06. The Balaban J connectivity index is 1.38. The second kappa shape index (κ2) is 9.93. The van der Waals surface area contributed by atoms with Gasteiger partial charge in [-0.1, -0.05) is 53.4 Å². The van der Waals surface area contributed by atoms with Gasteiger partial charge in [-0.05, 0) is 86.2 Å².